The smallest absolute Gasteiger partial charge is 0.239 e. The zero-order chi connectivity index (χ0) is 20.3. The molecule has 5 heteroatoms. The second kappa shape index (κ2) is 9.27. The van der Waals surface area contributed by atoms with Gasteiger partial charge in [-0.2, -0.15) is 0 Å². The number of aryl methyl sites for hydroxylation is 1. The molecular formula is C23H37N3O2. The summed E-state index contributed by atoms with van der Waals surface area (Å²) in [5, 5.41) is 0. The van der Waals surface area contributed by atoms with E-state index in [0.717, 1.165) is 51.6 Å². The first-order valence-corrected chi connectivity index (χ1v) is 10.8. The van der Waals surface area contributed by atoms with Gasteiger partial charge in [-0.15, -0.1) is 0 Å². The van der Waals surface area contributed by atoms with Gasteiger partial charge in [0.2, 0.25) is 5.91 Å². The van der Waals surface area contributed by atoms with Gasteiger partial charge in [0.05, 0.1) is 13.2 Å². The van der Waals surface area contributed by atoms with Crippen molar-refractivity contribution in [3.05, 3.63) is 29.3 Å². The molecule has 0 unspecified atom stereocenters. The number of amides is 1. The van der Waals surface area contributed by atoms with E-state index in [1.165, 1.54) is 17.5 Å². The Hall–Kier alpha value is -1.59. The van der Waals surface area contributed by atoms with Crippen LogP contribution in [0.15, 0.2) is 18.2 Å². The zero-order valence-corrected chi connectivity index (χ0v) is 18.3. The van der Waals surface area contributed by atoms with Crippen LogP contribution >= 0.6 is 0 Å². The summed E-state index contributed by atoms with van der Waals surface area (Å²) in [6, 6.07) is 6.35. The van der Waals surface area contributed by atoms with Crippen molar-refractivity contribution in [1.82, 2.24) is 14.7 Å². The lowest BCUT2D eigenvalue weighted by atomic mass is 9.91. The van der Waals surface area contributed by atoms with Gasteiger partial charge in [-0.1, -0.05) is 31.5 Å². The summed E-state index contributed by atoms with van der Waals surface area (Å²) in [7, 11) is 1.74. The minimum Gasteiger partial charge on any atom is -0.496 e. The van der Waals surface area contributed by atoms with E-state index in [0.29, 0.717) is 17.7 Å². The van der Waals surface area contributed by atoms with Crippen LogP contribution in [0.3, 0.4) is 0 Å². The highest BCUT2D eigenvalue weighted by molar-refractivity contribution is 5.81. The summed E-state index contributed by atoms with van der Waals surface area (Å²) in [5.41, 5.74) is 2.51. The van der Waals surface area contributed by atoms with Crippen LogP contribution in [0.5, 0.6) is 5.75 Å². The SMILES string of the molecule is COc1ccc(C)cc1CN1CCN([C@H](C)C(=O)N2C[C@@H](C)C[C@H](C)C2)CC1. The van der Waals surface area contributed by atoms with E-state index in [1.54, 1.807) is 7.11 Å². The molecule has 2 fully saturated rings. The van der Waals surface area contributed by atoms with Gasteiger partial charge >= 0.3 is 0 Å². The van der Waals surface area contributed by atoms with Crippen LogP contribution in [0.1, 0.15) is 38.3 Å². The molecule has 1 aromatic carbocycles. The molecule has 2 heterocycles. The topological polar surface area (TPSA) is 36.0 Å². The second-order valence-corrected chi connectivity index (χ2v) is 8.99. The molecule has 28 heavy (non-hydrogen) atoms. The maximum Gasteiger partial charge on any atom is 0.239 e. The van der Waals surface area contributed by atoms with Crippen LogP contribution < -0.4 is 4.74 Å². The van der Waals surface area contributed by atoms with Crippen molar-refractivity contribution in [2.75, 3.05) is 46.4 Å². The monoisotopic (exact) mass is 387 g/mol. The van der Waals surface area contributed by atoms with Crippen molar-refractivity contribution in [3.8, 4) is 5.75 Å². The Morgan fingerprint density at radius 2 is 1.79 bits per heavy atom. The molecule has 0 aromatic heterocycles. The number of hydrogen-bond donors (Lipinski definition) is 0. The number of piperazine rings is 1. The van der Waals surface area contributed by atoms with Gasteiger partial charge in [0.15, 0.2) is 0 Å². The molecule has 5 nitrogen and oxygen atoms in total. The molecule has 0 saturated carbocycles. The average molecular weight is 388 g/mol. The van der Waals surface area contributed by atoms with E-state index in [4.69, 9.17) is 4.74 Å². The highest BCUT2D eigenvalue weighted by atomic mass is 16.5. The Morgan fingerprint density at radius 1 is 1.14 bits per heavy atom. The van der Waals surface area contributed by atoms with Crippen molar-refractivity contribution in [3.63, 3.8) is 0 Å². The summed E-state index contributed by atoms with van der Waals surface area (Å²) in [5.74, 6) is 2.50. The van der Waals surface area contributed by atoms with Crippen LogP contribution in [0.2, 0.25) is 0 Å². The molecule has 1 amide bonds. The van der Waals surface area contributed by atoms with Crippen molar-refractivity contribution in [2.45, 2.75) is 46.7 Å². The summed E-state index contributed by atoms with van der Waals surface area (Å²) in [6.07, 6.45) is 1.24. The Labute approximate surface area is 170 Å². The highest BCUT2D eigenvalue weighted by Gasteiger charge is 2.32. The third-order valence-electron chi connectivity index (χ3n) is 6.32. The standard InChI is InChI=1S/C23H37N3O2/c1-17-6-7-22(28-5)21(13-17)16-24-8-10-25(11-9-24)20(4)23(27)26-14-18(2)12-19(3)15-26/h6-7,13,18-20H,8-12,14-16H2,1-5H3/t18-,19-,20+/m0/s1. The lowest BCUT2D eigenvalue weighted by Gasteiger charge is -2.41. The molecule has 0 bridgehead atoms. The number of methoxy groups -OCH3 is 1. The van der Waals surface area contributed by atoms with Gasteiger partial charge in [-0.3, -0.25) is 14.6 Å². The van der Waals surface area contributed by atoms with Crippen LogP contribution in [0, 0.1) is 18.8 Å². The Kier molecular flexibility index (Phi) is 7.00. The summed E-state index contributed by atoms with van der Waals surface area (Å²) < 4.78 is 5.53. The van der Waals surface area contributed by atoms with E-state index in [9.17, 15) is 4.79 Å². The van der Waals surface area contributed by atoms with Crippen molar-refractivity contribution >= 4 is 5.91 Å². The lowest BCUT2D eigenvalue weighted by Crippen LogP contribution is -2.56. The number of ether oxygens (including phenoxy) is 1. The molecule has 0 spiro atoms. The fourth-order valence-electron chi connectivity index (χ4n) is 4.84. The van der Waals surface area contributed by atoms with E-state index < -0.39 is 0 Å². The van der Waals surface area contributed by atoms with Crippen molar-refractivity contribution < 1.29 is 9.53 Å². The van der Waals surface area contributed by atoms with Gasteiger partial charge in [-0.05, 0) is 38.2 Å². The van der Waals surface area contributed by atoms with E-state index in [2.05, 4.69) is 60.6 Å². The molecule has 3 atom stereocenters. The van der Waals surface area contributed by atoms with Crippen LogP contribution in [0.4, 0.5) is 0 Å². The van der Waals surface area contributed by atoms with Crippen LogP contribution in [0.25, 0.3) is 0 Å². The first-order valence-electron chi connectivity index (χ1n) is 10.8. The highest BCUT2D eigenvalue weighted by Crippen LogP contribution is 2.24. The van der Waals surface area contributed by atoms with Gasteiger partial charge < -0.3 is 9.64 Å². The molecule has 2 saturated heterocycles. The second-order valence-electron chi connectivity index (χ2n) is 8.99. The fraction of sp³-hybridized carbons (Fsp3) is 0.696. The lowest BCUT2D eigenvalue weighted by molar-refractivity contribution is -0.139. The molecule has 0 aliphatic carbocycles. The van der Waals surface area contributed by atoms with Gasteiger partial charge in [0.25, 0.3) is 0 Å². The predicted octanol–water partition coefficient (Wildman–Crippen LogP) is 3.01. The molecule has 156 valence electrons. The number of nitrogens with zero attached hydrogens (tertiary/aromatic N) is 3. The predicted molar refractivity (Wildman–Crippen MR) is 114 cm³/mol. The van der Waals surface area contributed by atoms with E-state index in [1.807, 2.05) is 0 Å². The van der Waals surface area contributed by atoms with E-state index in [-0.39, 0.29) is 6.04 Å². The minimum absolute atomic E-state index is 0.0202. The van der Waals surface area contributed by atoms with Crippen LogP contribution in [-0.4, -0.2) is 73.0 Å². The molecule has 1 aromatic rings. The Bertz CT molecular complexity index is 660. The third-order valence-corrected chi connectivity index (χ3v) is 6.32. The fourth-order valence-corrected chi connectivity index (χ4v) is 4.84. The zero-order valence-electron chi connectivity index (χ0n) is 18.3. The van der Waals surface area contributed by atoms with Crippen molar-refractivity contribution in [2.24, 2.45) is 11.8 Å². The van der Waals surface area contributed by atoms with Gasteiger partial charge in [0.1, 0.15) is 5.75 Å². The largest absolute Gasteiger partial charge is 0.496 e. The van der Waals surface area contributed by atoms with Gasteiger partial charge in [-0.25, -0.2) is 0 Å². The number of piperidine rings is 1. The number of benzene rings is 1. The molecule has 2 aliphatic rings. The first-order chi connectivity index (χ1) is 13.4. The quantitative estimate of drug-likeness (QED) is 0.778. The number of likely N-dealkylation sites (tertiary alicyclic amines) is 1. The normalized spacial score (nSPS) is 25.5. The molecule has 0 radical (unpaired) electrons. The summed E-state index contributed by atoms with van der Waals surface area (Å²) >= 11 is 0. The minimum atomic E-state index is -0.0202. The third kappa shape index (κ3) is 5.06. The molecule has 2 aliphatic heterocycles. The molecule has 3 rings (SSSR count). The van der Waals surface area contributed by atoms with E-state index >= 15 is 0 Å². The average Bonchev–Trinajstić information content (AvgIpc) is 2.67. The first kappa shape index (κ1) is 21.1. The molecule has 0 N–H and O–H groups in total. The van der Waals surface area contributed by atoms with Crippen molar-refractivity contribution in [1.29, 1.82) is 0 Å². The number of rotatable bonds is 5. The Morgan fingerprint density at radius 3 is 2.39 bits per heavy atom. The Balaban J connectivity index is 1.53. The summed E-state index contributed by atoms with van der Waals surface area (Å²) in [4.78, 5) is 20.0. The maximum absolute atomic E-state index is 13.0. The summed E-state index contributed by atoms with van der Waals surface area (Å²) in [6.45, 7) is 15.3. The number of carbonyl (C=O) groups excluding carboxylic acids is 1. The maximum atomic E-state index is 13.0. The number of carbonyl (C=O) groups is 1. The van der Waals surface area contributed by atoms with Crippen LogP contribution in [-0.2, 0) is 11.3 Å². The molecular weight excluding hydrogens is 350 g/mol. The van der Waals surface area contributed by atoms with Gasteiger partial charge in [0, 0.05) is 51.4 Å². The number of hydrogen-bond acceptors (Lipinski definition) is 4.